The summed E-state index contributed by atoms with van der Waals surface area (Å²) >= 11 is 1.23. The lowest BCUT2D eigenvalue weighted by molar-refractivity contribution is -0.276. The molecule has 0 amide bonds. The van der Waals surface area contributed by atoms with Crippen molar-refractivity contribution in [1.82, 2.24) is 4.98 Å². The predicted octanol–water partition coefficient (Wildman–Crippen LogP) is 3.31. The van der Waals surface area contributed by atoms with Crippen LogP contribution in [0.2, 0.25) is 0 Å². The number of ether oxygens (including phenoxy) is 1. The summed E-state index contributed by atoms with van der Waals surface area (Å²) in [7, 11) is 0. The summed E-state index contributed by atoms with van der Waals surface area (Å²) < 4.78 is 75.0. The van der Waals surface area contributed by atoms with Crippen LogP contribution in [0.5, 0.6) is 11.6 Å². The van der Waals surface area contributed by atoms with Crippen molar-refractivity contribution in [2.24, 2.45) is 0 Å². The van der Waals surface area contributed by atoms with Gasteiger partial charge < -0.3 is 9.84 Å². The largest absolute Gasteiger partial charge is 0.574 e. The van der Waals surface area contributed by atoms with Gasteiger partial charge in [-0.15, -0.1) is 13.2 Å². The fourth-order valence-electron chi connectivity index (χ4n) is 0.854. The lowest BCUT2D eigenvalue weighted by atomic mass is 10.3. The van der Waals surface area contributed by atoms with E-state index in [1.54, 1.807) is 0 Å². The molecule has 10 heteroatoms. The molecule has 0 spiro atoms. The van der Waals surface area contributed by atoms with Crippen LogP contribution in [0.4, 0.5) is 26.3 Å². The zero-order chi connectivity index (χ0) is 13.4. The predicted molar refractivity (Wildman–Crippen MR) is 50.3 cm³/mol. The van der Waals surface area contributed by atoms with E-state index in [4.69, 9.17) is 5.11 Å². The summed E-state index contributed by atoms with van der Waals surface area (Å²) in [6.45, 7) is 0. The summed E-state index contributed by atoms with van der Waals surface area (Å²) in [5.74, 6) is -2.53. The van der Waals surface area contributed by atoms with Gasteiger partial charge in [-0.1, -0.05) is 0 Å². The Kier molecular flexibility index (Phi) is 3.64. The zero-order valence-corrected chi connectivity index (χ0v) is 9.68. The van der Waals surface area contributed by atoms with E-state index in [0.29, 0.717) is 6.07 Å². The molecule has 0 fully saturated rings. The van der Waals surface area contributed by atoms with Crippen LogP contribution in [0.25, 0.3) is 0 Å². The topological polar surface area (TPSA) is 42.4 Å². The van der Waals surface area contributed by atoms with Gasteiger partial charge in [0, 0.05) is 6.07 Å². The summed E-state index contributed by atoms with van der Waals surface area (Å²) in [4.78, 5) is 2.57. The number of alkyl halides is 6. The second kappa shape index (κ2) is 4.38. The van der Waals surface area contributed by atoms with Crippen LogP contribution >= 0.6 is 22.6 Å². The van der Waals surface area contributed by atoms with Crippen molar-refractivity contribution >= 4 is 22.6 Å². The van der Waals surface area contributed by atoms with Crippen LogP contribution in [-0.2, 0) is 6.18 Å². The Bertz CT molecular complexity index is 430. The third kappa shape index (κ3) is 3.78. The van der Waals surface area contributed by atoms with E-state index in [1.165, 1.54) is 22.6 Å². The van der Waals surface area contributed by atoms with Gasteiger partial charge >= 0.3 is 12.5 Å². The number of rotatable bonds is 1. The minimum absolute atomic E-state index is 0.454. The van der Waals surface area contributed by atoms with Crippen LogP contribution in [-0.4, -0.2) is 16.5 Å². The SMILES string of the molecule is Oc1c(I)cc(OC(F)(F)F)nc1C(F)(F)F. The minimum Gasteiger partial charge on any atom is -0.505 e. The average molecular weight is 373 g/mol. The van der Waals surface area contributed by atoms with Crippen molar-refractivity contribution in [2.75, 3.05) is 0 Å². The Labute approximate surface area is 104 Å². The lowest BCUT2D eigenvalue weighted by Gasteiger charge is -2.13. The summed E-state index contributed by atoms with van der Waals surface area (Å²) in [6.07, 6.45) is -10.2. The van der Waals surface area contributed by atoms with Gasteiger partial charge in [-0.2, -0.15) is 13.2 Å². The van der Waals surface area contributed by atoms with Crippen molar-refractivity contribution in [3.63, 3.8) is 0 Å². The van der Waals surface area contributed by atoms with Gasteiger partial charge in [0.15, 0.2) is 11.4 Å². The molecular weight excluding hydrogens is 371 g/mol. The number of aromatic hydroxyl groups is 1. The van der Waals surface area contributed by atoms with Gasteiger partial charge in [0.25, 0.3) is 0 Å². The van der Waals surface area contributed by atoms with Crippen LogP contribution in [0.3, 0.4) is 0 Å². The van der Waals surface area contributed by atoms with E-state index in [1.807, 2.05) is 0 Å². The van der Waals surface area contributed by atoms with Crippen molar-refractivity contribution in [2.45, 2.75) is 12.5 Å². The highest BCUT2D eigenvalue weighted by atomic mass is 127. The normalized spacial score (nSPS) is 12.6. The monoisotopic (exact) mass is 373 g/mol. The Hall–Kier alpha value is -0.940. The van der Waals surface area contributed by atoms with Crippen molar-refractivity contribution < 1.29 is 36.2 Å². The molecule has 0 atom stereocenters. The first-order valence-corrected chi connectivity index (χ1v) is 4.81. The van der Waals surface area contributed by atoms with E-state index >= 15 is 0 Å². The van der Waals surface area contributed by atoms with Gasteiger partial charge in [-0.05, 0) is 22.6 Å². The fourth-order valence-corrected chi connectivity index (χ4v) is 1.38. The minimum atomic E-state index is -5.16. The molecule has 17 heavy (non-hydrogen) atoms. The first-order chi connectivity index (χ1) is 7.50. The average Bonchev–Trinajstić information content (AvgIpc) is 2.06. The summed E-state index contributed by atoms with van der Waals surface area (Å²) in [5, 5.41) is 9.03. The molecule has 0 saturated carbocycles. The van der Waals surface area contributed by atoms with Gasteiger partial charge in [-0.25, -0.2) is 4.98 Å². The maximum absolute atomic E-state index is 12.3. The molecule has 1 heterocycles. The van der Waals surface area contributed by atoms with Crippen LogP contribution in [0.15, 0.2) is 6.07 Å². The number of aromatic nitrogens is 1. The number of pyridine rings is 1. The smallest absolute Gasteiger partial charge is 0.505 e. The maximum Gasteiger partial charge on any atom is 0.574 e. The molecule has 96 valence electrons. The van der Waals surface area contributed by atoms with Gasteiger partial charge in [0.1, 0.15) is 0 Å². The number of nitrogens with zero attached hydrogens (tertiary/aromatic N) is 1. The Morgan fingerprint density at radius 3 is 2.12 bits per heavy atom. The molecule has 0 aliphatic rings. The standard InChI is InChI=1S/C7H2F6INO2/c8-6(9,10)5-4(16)2(14)1-3(15-5)17-7(11,12)13/h1,16H. The fraction of sp³-hybridized carbons (Fsp3) is 0.286. The van der Waals surface area contributed by atoms with E-state index in [0.717, 1.165) is 0 Å². The summed E-state index contributed by atoms with van der Waals surface area (Å²) in [6, 6.07) is 0.540. The van der Waals surface area contributed by atoms with Gasteiger partial charge in [0.2, 0.25) is 5.88 Å². The number of halogens is 7. The third-order valence-corrected chi connectivity index (χ3v) is 2.23. The first kappa shape index (κ1) is 14.1. The quantitative estimate of drug-likeness (QED) is 0.607. The molecule has 0 saturated heterocycles. The molecular formula is C7H2F6INO2. The Morgan fingerprint density at radius 2 is 1.71 bits per heavy atom. The van der Waals surface area contributed by atoms with E-state index < -0.39 is 33.4 Å². The van der Waals surface area contributed by atoms with E-state index in [2.05, 4.69) is 9.72 Å². The highest BCUT2D eigenvalue weighted by Gasteiger charge is 2.39. The van der Waals surface area contributed by atoms with Crippen LogP contribution in [0.1, 0.15) is 5.69 Å². The molecule has 1 N–H and O–H groups in total. The molecule has 0 unspecified atom stereocenters. The van der Waals surface area contributed by atoms with Crippen molar-refractivity contribution in [3.8, 4) is 11.6 Å². The molecule has 0 aliphatic carbocycles. The molecule has 0 aromatic carbocycles. The molecule has 0 radical (unpaired) electrons. The number of hydrogen-bond acceptors (Lipinski definition) is 3. The van der Waals surface area contributed by atoms with Crippen LogP contribution < -0.4 is 4.74 Å². The van der Waals surface area contributed by atoms with E-state index in [9.17, 15) is 26.3 Å². The molecule has 3 nitrogen and oxygen atoms in total. The lowest BCUT2D eigenvalue weighted by Crippen LogP contribution is -2.19. The molecule has 1 rings (SSSR count). The maximum atomic E-state index is 12.3. The molecule has 0 aliphatic heterocycles. The second-order valence-electron chi connectivity index (χ2n) is 2.69. The van der Waals surface area contributed by atoms with Crippen molar-refractivity contribution in [1.29, 1.82) is 0 Å². The summed E-state index contributed by atoms with van der Waals surface area (Å²) in [5.41, 5.74) is -1.83. The Morgan fingerprint density at radius 1 is 1.18 bits per heavy atom. The van der Waals surface area contributed by atoms with E-state index in [-0.39, 0.29) is 0 Å². The number of hydrogen-bond donors (Lipinski definition) is 1. The van der Waals surface area contributed by atoms with Crippen molar-refractivity contribution in [3.05, 3.63) is 15.3 Å². The molecule has 1 aromatic heterocycles. The highest BCUT2D eigenvalue weighted by molar-refractivity contribution is 14.1. The third-order valence-electron chi connectivity index (χ3n) is 1.41. The molecule has 1 aromatic rings. The first-order valence-electron chi connectivity index (χ1n) is 3.73. The Balaban J connectivity index is 3.25. The van der Waals surface area contributed by atoms with Crippen LogP contribution in [0, 0.1) is 3.57 Å². The molecule has 0 bridgehead atoms. The zero-order valence-electron chi connectivity index (χ0n) is 7.53. The van der Waals surface area contributed by atoms with Gasteiger partial charge in [0.05, 0.1) is 3.57 Å². The highest BCUT2D eigenvalue weighted by Crippen LogP contribution is 2.38. The van der Waals surface area contributed by atoms with Gasteiger partial charge in [-0.3, -0.25) is 0 Å². The second-order valence-corrected chi connectivity index (χ2v) is 3.85.